The molecular weight excluding hydrogens is 292 g/mol. The molecule has 1 atom stereocenters. The fraction of sp³-hybridized carbons (Fsp3) is 0.389. The molecule has 1 heterocycles. The Hall–Kier alpha value is -2.43. The minimum atomic E-state index is -0.692. The second kappa shape index (κ2) is 6.77. The lowest BCUT2D eigenvalue weighted by atomic mass is 9.86. The van der Waals surface area contributed by atoms with E-state index in [1.165, 1.54) is 7.11 Å². The highest BCUT2D eigenvalue weighted by Gasteiger charge is 2.33. The first-order valence-corrected chi connectivity index (χ1v) is 7.52. The Morgan fingerprint density at radius 2 is 1.91 bits per heavy atom. The fourth-order valence-corrected chi connectivity index (χ4v) is 2.44. The van der Waals surface area contributed by atoms with Crippen molar-refractivity contribution in [3.63, 3.8) is 0 Å². The van der Waals surface area contributed by atoms with Gasteiger partial charge in [0.15, 0.2) is 0 Å². The van der Waals surface area contributed by atoms with Crippen molar-refractivity contribution in [1.82, 2.24) is 10.3 Å². The molecule has 122 valence electrons. The Kier molecular flexibility index (Phi) is 4.98. The highest BCUT2D eigenvalue weighted by atomic mass is 16.5. The molecule has 0 aliphatic rings. The molecule has 2 rings (SSSR count). The van der Waals surface area contributed by atoms with Crippen molar-refractivity contribution in [1.29, 1.82) is 0 Å². The molecule has 1 N–H and O–H groups in total. The van der Waals surface area contributed by atoms with Gasteiger partial charge >= 0.3 is 5.97 Å². The summed E-state index contributed by atoms with van der Waals surface area (Å²) in [6, 6.07) is 8.85. The lowest BCUT2D eigenvalue weighted by molar-refractivity contribution is -0.148. The fourth-order valence-electron chi connectivity index (χ4n) is 2.44. The Bertz CT molecular complexity index is 714. The van der Waals surface area contributed by atoms with Gasteiger partial charge in [0, 0.05) is 11.6 Å². The number of aromatic nitrogens is 1. The zero-order valence-corrected chi connectivity index (χ0v) is 13.9. The van der Waals surface area contributed by atoms with Gasteiger partial charge in [-0.3, -0.25) is 9.78 Å². The van der Waals surface area contributed by atoms with Gasteiger partial charge in [-0.1, -0.05) is 45.0 Å². The zero-order valence-electron chi connectivity index (χ0n) is 13.9. The molecule has 0 saturated heterocycles. The predicted octanol–water partition coefficient (Wildman–Crippen LogP) is 2.48. The number of methoxy groups -OCH3 is 1. The van der Waals surface area contributed by atoms with Gasteiger partial charge in [0.1, 0.15) is 6.04 Å². The highest BCUT2D eigenvalue weighted by Crippen LogP contribution is 2.21. The van der Waals surface area contributed by atoms with E-state index < -0.39 is 17.4 Å². The van der Waals surface area contributed by atoms with Crippen molar-refractivity contribution in [2.45, 2.75) is 33.2 Å². The zero-order chi connectivity index (χ0) is 17.0. The summed E-state index contributed by atoms with van der Waals surface area (Å²) in [6.07, 6.45) is 1.87. The molecule has 5 heteroatoms. The van der Waals surface area contributed by atoms with Crippen molar-refractivity contribution < 1.29 is 14.3 Å². The van der Waals surface area contributed by atoms with Gasteiger partial charge in [0.2, 0.25) is 5.91 Å². The third kappa shape index (κ3) is 4.06. The van der Waals surface area contributed by atoms with Crippen LogP contribution in [-0.2, 0) is 20.7 Å². The summed E-state index contributed by atoms with van der Waals surface area (Å²) in [7, 11) is 1.32. The molecule has 0 aliphatic carbocycles. The molecule has 0 spiro atoms. The van der Waals surface area contributed by atoms with E-state index in [1.54, 1.807) is 6.20 Å². The first-order chi connectivity index (χ1) is 10.8. The maximum Gasteiger partial charge on any atom is 0.328 e. The van der Waals surface area contributed by atoms with Gasteiger partial charge in [-0.05, 0) is 17.0 Å². The second-order valence-electron chi connectivity index (χ2n) is 6.56. The minimum Gasteiger partial charge on any atom is -0.467 e. The SMILES string of the molecule is COC(=O)[C@H](NC(=O)Cc1cccc2cccnc12)C(C)(C)C. The quantitative estimate of drug-likeness (QED) is 0.880. The largest absolute Gasteiger partial charge is 0.467 e. The third-order valence-electron chi connectivity index (χ3n) is 3.68. The monoisotopic (exact) mass is 314 g/mol. The van der Waals surface area contributed by atoms with Crippen LogP contribution in [0.15, 0.2) is 36.5 Å². The molecule has 0 unspecified atom stereocenters. The van der Waals surface area contributed by atoms with Crippen molar-refractivity contribution in [2.24, 2.45) is 5.41 Å². The number of ether oxygens (including phenoxy) is 1. The van der Waals surface area contributed by atoms with E-state index in [9.17, 15) is 9.59 Å². The number of amides is 1. The van der Waals surface area contributed by atoms with Crippen LogP contribution in [0.3, 0.4) is 0 Å². The number of pyridine rings is 1. The van der Waals surface area contributed by atoms with E-state index in [1.807, 2.05) is 51.1 Å². The number of nitrogens with one attached hydrogen (secondary N) is 1. The molecule has 0 saturated carbocycles. The Balaban J connectivity index is 2.19. The summed E-state index contributed by atoms with van der Waals surface area (Å²) < 4.78 is 4.79. The number of hydrogen-bond acceptors (Lipinski definition) is 4. The van der Waals surface area contributed by atoms with Crippen molar-refractivity contribution in [3.05, 3.63) is 42.1 Å². The molecule has 5 nitrogen and oxygen atoms in total. The van der Waals surface area contributed by atoms with E-state index in [4.69, 9.17) is 4.74 Å². The smallest absolute Gasteiger partial charge is 0.328 e. The van der Waals surface area contributed by atoms with E-state index >= 15 is 0 Å². The third-order valence-corrected chi connectivity index (χ3v) is 3.68. The van der Waals surface area contributed by atoms with Crippen LogP contribution < -0.4 is 5.32 Å². The summed E-state index contributed by atoms with van der Waals surface area (Å²) in [5.74, 6) is -0.671. The molecule has 2 aromatic rings. The summed E-state index contributed by atoms with van der Waals surface area (Å²) in [5.41, 5.74) is 1.20. The maximum absolute atomic E-state index is 12.4. The van der Waals surface area contributed by atoms with Gasteiger partial charge in [-0.2, -0.15) is 0 Å². The molecule has 0 aliphatic heterocycles. The Labute approximate surface area is 136 Å². The lowest BCUT2D eigenvalue weighted by Gasteiger charge is -2.29. The van der Waals surface area contributed by atoms with Crippen molar-refractivity contribution in [2.75, 3.05) is 7.11 Å². The van der Waals surface area contributed by atoms with Gasteiger partial charge in [0.05, 0.1) is 19.0 Å². The maximum atomic E-state index is 12.4. The number of esters is 1. The molecule has 1 aromatic carbocycles. The lowest BCUT2D eigenvalue weighted by Crippen LogP contribution is -2.50. The molecule has 0 fully saturated rings. The average Bonchev–Trinajstić information content (AvgIpc) is 2.51. The predicted molar refractivity (Wildman–Crippen MR) is 88.8 cm³/mol. The van der Waals surface area contributed by atoms with Crippen LogP contribution in [0, 0.1) is 5.41 Å². The number of benzene rings is 1. The number of carbonyl (C=O) groups excluding carboxylic acids is 2. The molecular formula is C18H22N2O3. The van der Waals surface area contributed by atoms with Crippen LogP contribution >= 0.6 is 0 Å². The first kappa shape index (κ1) is 16.9. The van der Waals surface area contributed by atoms with Crippen LogP contribution in [0.4, 0.5) is 0 Å². The van der Waals surface area contributed by atoms with Crippen LogP contribution in [0.1, 0.15) is 26.3 Å². The average molecular weight is 314 g/mol. The molecule has 0 bridgehead atoms. The van der Waals surface area contributed by atoms with Crippen molar-refractivity contribution >= 4 is 22.8 Å². The van der Waals surface area contributed by atoms with Crippen LogP contribution in [0.25, 0.3) is 10.9 Å². The summed E-state index contributed by atoms with van der Waals surface area (Å²) in [4.78, 5) is 28.6. The van der Waals surface area contributed by atoms with E-state index in [-0.39, 0.29) is 12.3 Å². The Morgan fingerprint density at radius 1 is 1.22 bits per heavy atom. The second-order valence-corrected chi connectivity index (χ2v) is 6.56. The molecule has 0 radical (unpaired) electrons. The number of nitrogens with zero attached hydrogens (tertiary/aromatic N) is 1. The first-order valence-electron chi connectivity index (χ1n) is 7.52. The van der Waals surface area contributed by atoms with Gasteiger partial charge in [-0.25, -0.2) is 4.79 Å². The Morgan fingerprint density at radius 3 is 2.57 bits per heavy atom. The van der Waals surface area contributed by atoms with E-state index in [2.05, 4.69) is 10.3 Å². The van der Waals surface area contributed by atoms with Crippen LogP contribution in [0.5, 0.6) is 0 Å². The summed E-state index contributed by atoms with van der Waals surface area (Å²) >= 11 is 0. The highest BCUT2D eigenvalue weighted by molar-refractivity contribution is 5.90. The van der Waals surface area contributed by atoms with E-state index in [0.29, 0.717) is 0 Å². The number of hydrogen-bond donors (Lipinski definition) is 1. The minimum absolute atomic E-state index is 0.165. The summed E-state index contributed by atoms with van der Waals surface area (Å²) in [5, 5.41) is 3.76. The number of rotatable bonds is 4. The van der Waals surface area contributed by atoms with E-state index in [0.717, 1.165) is 16.5 Å². The topological polar surface area (TPSA) is 68.3 Å². The van der Waals surface area contributed by atoms with Crippen LogP contribution in [-0.4, -0.2) is 30.0 Å². The number of fused-ring (bicyclic) bond motifs is 1. The molecule has 1 amide bonds. The molecule has 1 aromatic heterocycles. The van der Waals surface area contributed by atoms with Crippen LogP contribution in [0.2, 0.25) is 0 Å². The van der Waals surface area contributed by atoms with Gasteiger partial charge in [-0.15, -0.1) is 0 Å². The number of para-hydroxylation sites is 1. The van der Waals surface area contributed by atoms with Gasteiger partial charge < -0.3 is 10.1 Å². The standard InChI is InChI=1S/C18H22N2O3/c1-18(2,3)16(17(22)23-4)20-14(21)11-13-8-5-7-12-9-6-10-19-15(12)13/h5-10,16H,11H2,1-4H3,(H,20,21)/t16-/m0/s1. The summed E-state index contributed by atoms with van der Waals surface area (Å²) in [6.45, 7) is 5.65. The van der Waals surface area contributed by atoms with Gasteiger partial charge in [0.25, 0.3) is 0 Å². The number of carbonyl (C=O) groups is 2. The normalized spacial score (nSPS) is 12.7. The van der Waals surface area contributed by atoms with Crippen molar-refractivity contribution in [3.8, 4) is 0 Å². The molecule has 23 heavy (non-hydrogen) atoms.